The summed E-state index contributed by atoms with van der Waals surface area (Å²) in [5.74, 6) is -0.822. The van der Waals surface area contributed by atoms with Crippen LogP contribution in [0.25, 0.3) is 21.8 Å². The molecule has 0 bridgehead atoms. The van der Waals surface area contributed by atoms with Gasteiger partial charge in [0.1, 0.15) is 6.29 Å². The Labute approximate surface area is 204 Å². The second-order valence-electron chi connectivity index (χ2n) is 9.77. The van der Waals surface area contributed by atoms with Crippen molar-refractivity contribution in [2.75, 3.05) is 13.2 Å². The Kier molecular flexibility index (Phi) is 7.26. The van der Waals surface area contributed by atoms with Crippen LogP contribution in [0.1, 0.15) is 60.1 Å². The van der Waals surface area contributed by atoms with Crippen LogP contribution in [0.15, 0.2) is 49.1 Å². The molecule has 35 heavy (non-hydrogen) atoms. The molecule has 2 amide bonds. The highest BCUT2D eigenvalue weighted by molar-refractivity contribution is 6.22. The second-order valence-corrected chi connectivity index (χ2v) is 9.77. The van der Waals surface area contributed by atoms with E-state index in [0.29, 0.717) is 32.9 Å². The van der Waals surface area contributed by atoms with E-state index in [2.05, 4.69) is 17.2 Å². The number of fused-ring (bicyclic) bond motifs is 3. The summed E-state index contributed by atoms with van der Waals surface area (Å²) >= 11 is 0. The number of rotatable bonds is 9. The van der Waals surface area contributed by atoms with E-state index in [1.807, 2.05) is 27.7 Å². The maximum atomic E-state index is 13.3. The topological polar surface area (TPSA) is 106 Å². The SMILES string of the molecule is C=CC(=O)n1c2ccc(C=O)cc2c2c(C(=O)NCC(C)(C)OCC(C)(C)NC(C)=O)cccc21. The normalized spacial score (nSPS) is 11.9. The molecule has 2 N–H and O–H groups in total. The van der Waals surface area contributed by atoms with Crippen molar-refractivity contribution in [3.05, 3.63) is 60.2 Å². The van der Waals surface area contributed by atoms with Crippen molar-refractivity contribution < 1.29 is 23.9 Å². The van der Waals surface area contributed by atoms with Gasteiger partial charge in [-0.3, -0.25) is 23.7 Å². The van der Waals surface area contributed by atoms with Crippen LogP contribution in [0.4, 0.5) is 0 Å². The zero-order valence-corrected chi connectivity index (χ0v) is 20.7. The first-order valence-corrected chi connectivity index (χ1v) is 11.3. The standard InChI is InChI=1S/C27H31N3O5/c1-7-23(33)30-21-12-11-18(14-31)13-20(21)24-19(9-8-10-22(24)30)25(34)28-15-27(5,6)35-16-26(3,4)29-17(2)32/h7-14H,1,15-16H2,2-6H3,(H,28,34)(H,29,32). The number of carbonyl (C=O) groups is 4. The minimum absolute atomic E-state index is 0.148. The van der Waals surface area contributed by atoms with E-state index in [1.54, 1.807) is 36.4 Å². The summed E-state index contributed by atoms with van der Waals surface area (Å²) in [6.07, 6.45) is 1.94. The summed E-state index contributed by atoms with van der Waals surface area (Å²) in [6.45, 7) is 12.9. The highest BCUT2D eigenvalue weighted by Crippen LogP contribution is 2.32. The highest BCUT2D eigenvalue weighted by atomic mass is 16.5. The van der Waals surface area contributed by atoms with Gasteiger partial charge in [0.05, 0.1) is 28.8 Å². The van der Waals surface area contributed by atoms with E-state index in [-0.39, 0.29) is 30.9 Å². The molecular weight excluding hydrogens is 446 g/mol. The Morgan fingerprint density at radius 2 is 1.80 bits per heavy atom. The average Bonchev–Trinajstić information content (AvgIpc) is 3.14. The number of aldehydes is 1. The van der Waals surface area contributed by atoms with Gasteiger partial charge >= 0.3 is 0 Å². The molecule has 0 saturated carbocycles. The molecule has 0 fully saturated rings. The minimum atomic E-state index is -0.712. The number of nitrogens with zero attached hydrogens (tertiary/aromatic N) is 1. The van der Waals surface area contributed by atoms with Gasteiger partial charge in [0.2, 0.25) is 5.91 Å². The summed E-state index contributed by atoms with van der Waals surface area (Å²) in [4.78, 5) is 48.7. The van der Waals surface area contributed by atoms with E-state index < -0.39 is 11.1 Å². The fraction of sp³-hybridized carbons (Fsp3) is 0.333. The molecule has 0 aliphatic rings. The van der Waals surface area contributed by atoms with Gasteiger partial charge in [0.25, 0.3) is 11.8 Å². The monoisotopic (exact) mass is 477 g/mol. The Morgan fingerprint density at radius 1 is 1.09 bits per heavy atom. The molecule has 0 spiro atoms. The zero-order valence-electron chi connectivity index (χ0n) is 20.7. The van der Waals surface area contributed by atoms with Gasteiger partial charge in [-0.25, -0.2) is 0 Å². The largest absolute Gasteiger partial charge is 0.371 e. The van der Waals surface area contributed by atoms with Gasteiger partial charge in [-0.2, -0.15) is 0 Å². The molecule has 0 radical (unpaired) electrons. The first-order chi connectivity index (χ1) is 16.4. The Hall–Kier alpha value is -3.78. The summed E-state index contributed by atoms with van der Waals surface area (Å²) in [5, 5.41) is 6.95. The molecule has 3 aromatic rings. The van der Waals surface area contributed by atoms with E-state index in [9.17, 15) is 19.2 Å². The summed E-state index contributed by atoms with van der Waals surface area (Å²) in [7, 11) is 0. The number of nitrogens with one attached hydrogen (secondary N) is 2. The smallest absolute Gasteiger partial charge is 0.254 e. The lowest BCUT2D eigenvalue weighted by Crippen LogP contribution is -2.49. The Balaban J connectivity index is 1.93. The third kappa shape index (κ3) is 5.66. The predicted molar refractivity (Wildman–Crippen MR) is 136 cm³/mol. The van der Waals surface area contributed by atoms with Crippen molar-refractivity contribution in [1.82, 2.24) is 15.2 Å². The van der Waals surface area contributed by atoms with Gasteiger partial charge in [0, 0.05) is 35.4 Å². The average molecular weight is 478 g/mol. The van der Waals surface area contributed by atoms with Crippen LogP contribution >= 0.6 is 0 Å². The number of aromatic nitrogens is 1. The Bertz CT molecular complexity index is 1330. The number of allylic oxidation sites excluding steroid dienone is 1. The van der Waals surface area contributed by atoms with E-state index in [4.69, 9.17) is 4.74 Å². The van der Waals surface area contributed by atoms with Gasteiger partial charge < -0.3 is 15.4 Å². The number of carbonyl (C=O) groups excluding carboxylic acids is 4. The van der Waals surface area contributed by atoms with Crippen molar-refractivity contribution in [2.45, 2.75) is 45.8 Å². The van der Waals surface area contributed by atoms with Crippen molar-refractivity contribution >= 4 is 45.8 Å². The van der Waals surface area contributed by atoms with Gasteiger partial charge in [-0.05, 0) is 64.1 Å². The lowest BCUT2D eigenvalue weighted by molar-refractivity contribution is -0.122. The molecule has 0 saturated heterocycles. The molecule has 1 aromatic heterocycles. The molecular formula is C27H31N3O5. The number of hydrogen-bond donors (Lipinski definition) is 2. The predicted octanol–water partition coefficient (Wildman–Crippen LogP) is 3.87. The van der Waals surface area contributed by atoms with E-state index >= 15 is 0 Å². The summed E-state index contributed by atoms with van der Waals surface area (Å²) in [6, 6.07) is 10.1. The van der Waals surface area contributed by atoms with Crippen molar-refractivity contribution in [1.29, 1.82) is 0 Å². The lowest BCUT2D eigenvalue weighted by Gasteiger charge is -2.32. The molecule has 8 heteroatoms. The molecule has 3 rings (SSSR count). The van der Waals surface area contributed by atoms with Gasteiger partial charge in [-0.15, -0.1) is 0 Å². The minimum Gasteiger partial charge on any atom is -0.371 e. The molecule has 1 heterocycles. The molecule has 184 valence electrons. The fourth-order valence-electron chi connectivity index (χ4n) is 4.01. The van der Waals surface area contributed by atoms with Crippen LogP contribution in [0.5, 0.6) is 0 Å². The van der Waals surface area contributed by atoms with Gasteiger partial charge in [-0.1, -0.05) is 12.6 Å². The quantitative estimate of drug-likeness (QED) is 0.359. The van der Waals surface area contributed by atoms with Crippen LogP contribution < -0.4 is 10.6 Å². The third-order valence-electron chi connectivity index (χ3n) is 5.60. The molecule has 0 atom stereocenters. The molecule has 0 aliphatic carbocycles. The Morgan fingerprint density at radius 3 is 2.43 bits per heavy atom. The van der Waals surface area contributed by atoms with Crippen LogP contribution in [0.2, 0.25) is 0 Å². The van der Waals surface area contributed by atoms with Crippen LogP contribution in [0.3, 0.4) is 0 Å². The fourth-order valence-corrected chi connectivity index (χ4v) is 4.01. The number of ether oxygens (including phenoxy) is 1. The maximum Gasteiger partial charge on any atom is 0.254 e. The highest BCUT2D eigenvalue weighted by Gasteiger charge is 2.27. The second kappa shape index (κ2) is 9.84. The molecule has 2 aromatic carbocycles. The third-order valence-corrected chi connectivity index (χ3v) is 5.60. The number of amides is 2. The number of hydrogen-bond acceptors (Lipinski definition) is 5. The van der Waals surface area contributed by atoms with Crippen LogP contribution in [0, 0.1) is 0 Å². The van der Waals surface area contributed by atoms with Crippen molar-refractivity contribution in [2.24, 2.45) is 0 Å². The van der Waals surface area contributed by atoms with E-state index in [0.717, 1.165) is 6.29 Å². The zero-order chi connectivity index (χ0) is 26.0. The number of benzene rings is 2. The summed E-state index contributed by atoms with van der Waals surface area (Å²) < 4.78 is 7.48. The maximum absolute atomic E-state index is 13.3. The molecule has 0 unspecified atom stereocenters. The van der Waals surface area contributed by atoms with Crippen LogP contribution in [-0.2, 0) is 9.53 Å². The van der Waals surface area contributed by atoms with Crippen molar-refractivity contribution in [3.63, 3.8) is 0 Å². The van der Waals surface area contributed by atoms with Gasteiger partial charge in [0.15, 0.2) is 0 Å². The first-order valence-electron chi connectivity index (χ1n) is 11.3. The first kappa shape index (κ1) is 25.8. The van der Waals surface area contributed by atoms with E-state index in [1.165, 1.54) is 17.6 Å². The van der Waals surface area contributed by atoms with Crippen molar-refractivity contribution in [3.8, 4) is 0 Å². The lowest BCUT2D eigenvalue weighted by atomic mass is 10.0. The van der Waals surface area contributed by atoms with Crippen LogP contribution in [-0.4, -0.2) is 52.9 Å². The molecule has 8 nitrogen and oxygen atoms in total. The molecule has 0 aliphatic heterocycles. The summed E-state index contributed by atoms with van der Waals surface area (Å²) in [5.41, 5.74) is 0.674.